The van der Waals surface area contributed by atoms with Crippen LogP contribution in [0.1, 0.15) is 35.4 Å². The summed E-state index contributed by atoms with van der Waals surface area (Å²) in [6, 6.07) is 25.4. The second-order valence-corrected chi connectivity index (χ2v) is 9.42. The topological polar surface area (TPSA) is 23.6 Å². The van der Waals surface area contributed by atoms with Crippen LogP contribution < -0.4 is 9.80 Å². The summed E-state index contributed by atoms with van der Waals surface area (Å²) in [7, 11) is 8.15. The molecule has 3 aromatic rings. The van der Waals surface area contributed by atoms with Crippen molar-refractivity contribution >= 4 is 33.6 Å². The minimum absolute atomic E-state index is 0.0245. The van der Waals surface area contributed by atoms with Crippen molar-refractivity contribution in [3.63, 3.8) is 0 Å². The average Bonchev–Trinajstić information content (AvgIpc) is 2.77. The van der Waals surface area contributed by atoms with Gasteiger partial charge in [-0.05, 0) is 59.0 Å². The Labute approximate surface area is 194 Å². The van der Waals surface area contributed by atoms with E-state index in [2.05, 4.69) is 93.3 Å². The highest BCUT2D eigenvalue weighted by Gasteiger charge is 2.30. The highest BCUT2D eigenvalue weighted by molar-refractivity contribution is 9.10. The van der Waals surface area contributed by atoms with E-state index in [1.54, 1.807) is 0 Å². The molecule has 0 aliphatic carbocycles. The third-order valence-electron chi connectivity index (χ3n) is 6.05. The van der Waals surface area contributed by atoms with Crippen LogP contribution in [-0.4, -0.2) is 34.5 Å². The molecule has 4 heteroatoms. The maximum Gasteiger partial charge on any atom is 0.124 e. The molecule has 0 amide bonds. The number of hydrogen-bond acceptors (Lipinski definition) is 3. The van der Waals surface area contributed by atoms with Crippen LogP contribution in [0.3, 0.4) is 0 Å². The number of carbonyl (C=O) groups excluding carboxylic acids is 1. The SMILES string of the molecule is C[C@@H](c1ccc(Br)cc1)[C@@H](C=O)C(c1ccc(N(C)C)cc1)c1ccc(N(C)C)cc1. The monoisotopic (exact) mass is 478 g/mol. The summed E-state index contributed by atoms with van der Waals surface area (Å²) in [5.74, 6) is -0.127. The van der Waals surface area contributed by atoms with E-state index in [-0.39, 0.29) is 17.8 Å². The van der Waals surface area contributed by atoms with Gasteiger partial charge in [0.15, 0.2) is 0 Å². The van der Waals surface area contributed by atoms with Gasteiger partial charge in [-0.2, -0.15) is 0 Å². The van der Waals surface area contributed by atoms with Crippen LogP contribution in [0.5, 0.6) is 0 Å². The van der Waals surface area contributed by atoms with Crippen LogP contribution in [0.25, 0.3) is 0 Å². The van der Waals surface area contributed by atoms with Crippen molar-refractivity contribution in [2.45, 2.75) is 18.8 Å². The Hall–Kier alpha value is -2.59. The van der Waals surface area contributed by atoms with Crippen molar-refractivity contribution < 1.29 is 4.79 Å². The molecule has 0 aliphatic rings. The lowest BCUT2D eigenvalue weighted by atomic mass is 9.73. The molecule has 0 aliphatic heterocycles. The minimum atomic E-state index is -0.184. The summed E-state index contributed by atoms with van der Waals surface area (Å²) in [6.07, 6.45) is 1.14. The van der Waals surface area contributed by atoms with Gasteiger partial charge in [-0.25, -0.2) is 0 Å². The highest BCUT2D eigenvalue weighted by Crippen LogP contribution is 2.40. The largest absolute Gasteiger partial charge is 0.378 e. The molecular weight excluding hydrogens is 448 g/mol. The van der Waals surface area contributed by atoms with Gasteiger partial charge in [0.1, 0.15) is 6.29 Å². The van der Waals surface area contributed by atoms with E-state index < -0.39 is 0 Å². The van der Waals surface area contributed by atoms with Gasteiger partial charge in [-0.1, -0.05) is 59.3 Å². The molecule has 162 valence electrons. The van der Waals surface area contributed by atoms with E-state index >= 15 is 0 Å². The van der Waals surface area contributed by atoms with E-state index in [1.165, 1.54) is 5.56 Å². The average molecular weight is 479 g/mol. The van der Waals surface area contributed by atoms with Crippen LogP contribution in [0.2, 0.25) is 0 Å². The first-order chi connectivity index (χ1) is 14.8. The molecule has 3 rings (SSSR count). The number of rotatable bonds is 8. The van der Waals surface area contributed by atoms with Crippen LogP contribution in [0, 0.1) is 5.92 Å². The molecule has 3 nitrogen and oxygen atoms in total. The Morgan fingerprint density at radius 1 is 0.677 bits per heavy atom. The van der Waals surface area contributed by atoms with E-state index in [1.807, 2.05) is 40.3 Å². The van der Waals surface area contributed by atoms with Gasteiger partial charge < -0.3 is 14.6 Å². The van der Waals surface area contributed by atoms with E-state index in [4.69, 9.17) is 0 Å². The fourth-order valence-corrected chi connectivity index (χ4v) is 4.33. The predicted octanol–water partition coefficient (Wildman–Crippen LogP) is 6.33. The molecule has 0 bridgehead atoms. The lowest BCUT2D eigenvalue weighted by molar-refractivity contribution is -0.112. The molecule has 0 radical (unpaired) electrons. The molecule has 3 aromatic carbocycles. The zero-order chi connectivity index (χ0) is 22.5. The predicted molar refractivity (Wildman–Crippen MR) is 135 cm³/mol. The summed E-state index contributed by atoms with van der Waals surface area (Å²) in [6.45, 7) is 2.15. The van der Waals surface area contributed by atoms with Crippen molar-refractivity contribution in [3.8, 4) is 0 Å². The van der Waals surface area contributed by atoms with E-state index in [0.29, 0.717) is 0 Å². The number of aldehydes is 1. The van der Waals surface area contributed by atoms with Gasteiger partial charge in [-0.15, -0.1) is 0 Å². The zero-order valence-corrected chi connectivity index (χ0v) is 20.5. The van der Waals surface area contributed by atoms with Crippen LogP contribution >= 0.6 is 15.9 Å². The van der Waals surface area contributed by atoms with E-state index in [0.717, 1.165) is 33.3 Å². The van der Waals surface area contributed by atoms with Crippen molar-refractivity contribution in [2.75, 3.05) is 38.0 Å². The van der Waals surface area contributed by atoms with E-state index in [9.17, 15) is 4.79 Å². The third-order valence-corrected chi connectivity index (χ3v) is 6.58. The third kappa shape index (κ3) is 5.37. The van der Waals surface area contributed by atoms with Gasteiger partial charge >= 0.3 is 0 Å². The molecule has 31 heavy (non-hydrogen) atoms. The number of benzene rings is 3. The van der Waals surface area contributed by atoms with Gasteiger partial charge in [0.05, 0.1) is 0 Å². The number of anilines is 2. The smallest absolute Gasteiger partial charge is 0.124 e. The van der Waals surface area contributed by atoms with Crippen molar-refractivity contribution in [1.82, 2.24) is 0 Å². The molecule has 0 saturated heterocycles. The maximum atomic E-state index is 12.5. The molecule has 0 spiro atoms. The number of nitrogens with zero attached hydrogens (tertiary/aromatic N) is 2. The Kier molecular flexibility index (Phi) is 7.55. The summed E-state index contributed by atoms with van der Waals surface area (Å²) in [5.41, 5.74) is 5.77. The molecule has 0 unspecified atom stereocenters. The summed E-state index contributed by atoms with van der Waals surface area (Å²) in [4.78, 5) is 16.7. The standard InChI is InChI=1S/C27H31BrN2O/c1-19(20-6-12-23(28)13-7-20)26(18-31)27(21-8-14-24(15-9-21)29(2)3)22-10-16-25(17-11-22)30(4)5/h6-19,26-27H,1-5H3/t19-,26+/m0/s1. The number of hydrogen-bond donors (Lipinski definition) is 0. The van der Waals surface area contributed by atoms with Gasteiger partial charge in [0, 0.05) is 55.9 Å². The molecular formula is C27H31BrN2O. The molecule has 0 aromatic heterocycles. The fourth-order valence-electron chi connectivity index (χ4n) is 4.07. The first kappa shape index (κ1) is 23.1. The normalized spacial score (nSPS) is 13.0. The van der Waals surface area contributed by atoms with Gasteiger partial charge in [0.25, 0.3) is 0 Å². The lowest BCUT2D eigenvalue weighted by Crippen LogP contribution is -2.22. The number of carbonyl (C=O) groups is 1. The Bertz CT molecular complexity index is 928. The highest BCUT2D eigenvalue weighted by atomic mass is 79.9. The van der Waals surface area contributed by atoms with Crippen molar-refractivity contribution in [3.05, 3.63) is 94.0 Å². The quantitative estimate of drug-likeness (QED) is 0.353. The fraction of sp³-hybridized carbons (Fsp3) is 0.296. The van der Waals surface area contributed by atoms with Crippen LogP contribution in [0.15, 0.2) is 77.3 Å². The lowest BCUT2D eigenvalue weighted by Gasteiger charge is -2.30. The van der Waals surface area contributed by atoms with Crippen molar-refractivity contribution in [2.24, 2.45) is 5.92 Å². The van der Waals surface area contributed by atoms with Gasteiger partial charge in [-0.3, -0.25) is 0 Å². The minimum Gasteiger partial charge on any atom is -0.378 e. The number of halogens is 1. The summed E-state index contributed by atoms with van der Waals surface area (Å²) >= 11 is 3.51. The summed E-state index contributed by atoms with van der Waals surface area (Å²) < 4.78 is 1.04. The van der Waals surface area contributed by atoms with Crippen LogP contribution in [0.4, 0.5) is 11.4 Å². The van der Waals surface area contributed by atoms with Crippen molar-refractivity contribution in [1.29, 1.82) is 0 Å². The second-order valence-electron chi connectivity index (χ2n) is 8.50. The maximum absolute atomic E-state index is 12.5. The van der Waals surface area contributed by atoms with Gasteiger partial charge in [0.2, 0.25) is 0 Å². The Morgan fingerprint density at radius 2 is 1.06 bits per heavy atom. The van der Waals surface area contributed by atoms with Crippen LogP contribution in [-0.2, 0) is 4.79 Å². The Balaban J connectivity index is 2.06. The Morgan fingerprint density at radius 3 is 1.42 bits per heavy atom. The zero-order valence-electron chi connectivity index (χ0n) is 18.9. The first-order valence-corrected chi connectivity index (χ1v) is 11.4. The molecule has 2 atom stereocenters. The molecule has 0 heterocycles. The molecule has 0 N–H and O–H groups in total. The first-order valence-electron chi connectivity index (χ1n) is 10.6. The second kappa shape index (κ2) is 10.1. The molecule has 0 fully saturated rings. The summed E-state index contributed by atoms with van der Waals surface area (Å²) in [5, 5.41) is 0. The molecule has 0 saturated carbocycles.